The minimum absolute atomic E-state index is 0.0967. The molecular weight excluding hydrogens is 427 g/mol. The average molecular weight is 447 g/mol. The Labute approximate surface area is 170 Å². The van der Waals surface area contributed by atoms with Crippen molar-refractivity contribution in [1.82, 2.24) is 9.29 Å². The largest absolute Gasteiger partial charge is 0.488 e. The van der Waals surface area contributed by atoms with Gasteiger partial charge in [-0.15, -0.1) is 0 Å². The van der Waals surface area contributed by atoms with Crippen molar-refractivity contribution >= 4 is 21.6 Å². The molecule has 0 aliphatic carbocycles. The van der Waals surface area contributed by atoms with Gasteiger partial charge in [0.1, 0.15) is 17.3 Å². The number of benzene rings is 1. The molecule has 0 radical (unpaired) electrons. The normalized spacial score (nSPS) is 19.0. The fraction of sp³-hybridized carbons (Fsp3) is 0.389. The zero-order valence-electron chi connectivity index (χ0n) is 16.0. The van der Waals surface area contributed by atoms with Crippen molar-refractivity contribution in [2.45, 2.75) is 36.8 Å². The lowest BCUT2D eigenvalue weighted by atomic mass is 10.1. The van der Waals surface area contributed by atoms with E-state index in [0.717, 1.165) is 18.2 Å². The fourth-order valence-corrected chi connectivity index (χ4v) is 4.54. The predicted octanol–water partition coefficient (Wildman–Crippen LogP) is 2.16. The molecule has 0 fully saturated rings. The number of amides is 1. The number of nitrogens with one attached hydrogen (secondary N) is 2. The quantitative estimate of drug-likeness (QED) is 0.651. The molecule has 0 bridgehead atoms. The number of aryl methyl sites for hydroxylation is 1. The molecular formula is C18H20F3N3O5S. The van der Waals surface area contributed by atoms with E-state index < -0.39 is 45.9 Å². The molecule has 12 heteroatoms. The first-order chi connectivity index (χ1) is 14.0. The number of hydrogen-bond donors (Lipinski definition) is 3. The van der Waals surface area contributed by atoms with Crippen LogP contribution in [-0.2, 0) is 17.1 Å². The number of aliphatic hydroxyl groups excluding tert-OH is 1. The molecule has 2 aromatic rings. The number of carbonyl (C=O) groups excluding carboxylic acids is 1. The van der Waals surface area contributed by atoms with Crippen LogP contribution in [0.1, 0.15) is 35.8 Å². The highest BCUT2D eigenvalue weighted by Crippen LogP contribution is 2.33. The van der Waals surface area contributed by atoms with Gasteiger partial charge in [0.05, 0.1) is 17.7 Å². The van der Waals surface area contributed by atoms with Crippen LogP contribution in [0.4, 0.5) is 18.9 Å². The molecule has 3 N–H and O–H groups in total. The fourth-order valence-electron chi connectivity index (χ4n) is 3.09. The molecule has 0 saturated heterocycles. The number of fused-ring (bicyclic) bond motifs is 1. The molecule has 164 valence electrons. The number of alkyl halides is 2. The first-order valence-corrected chi connectivity index (χ1v) is 10.4. The Kier molecular flexibility index (Phi) is 6.11. The number of aromatic nitrogens is 1. The Morgan fingerprint density at radius 3 is 2.77 bits per heavy atom. The molecule has 2 atom stereocenters. The lowest BCUT2D eigenvalue weighted by molar-refractivity contribution is 0.0990. The third-order valence-corrected chi connectivity index (χ3v) is 6.18. The minimum atomic E-state index is -4.10. The zero-order valence-corrected chi connectivity index (χ0v) is 16.8. The van der Waals surface area contributed by atoms with E-state index in [-0.39, 0.29) is 35.1 Å². The van der Waals surface area contributed by atoms with E-state index in [4.69, 9.17) is 4.74 Å². The Hall–Kier alpha value is -2.57. The SMILES string of the molecule is CCC(O)[C@@H]1COc2c(cn(C)c2C(=O)Nc2ccc(F)c(C(F)F)c2)S(=O)(=O)N1. The van der Waals surface area contributed by atoms with E-state index in [1.807, 2.05) is 0 Å². The Morgan fingerprint density at radius 1 is 1.43 bits per heavy atom. The molecule has 2 heterocycles. The molecule has 0 spiro atoms. The number of ether oxygens (including phenoxy) is 1. The van der Waals surface area contributed by atoms with Crippen molar-refractivity contribution < 1.29 is 36.2 Å². The van der Waals surface area contributed by atoms with Crippen molar-refractivity contribution in [3.05, 3.63) is 41.5 Å². The first-order valence-electron chi connectivity index (χ1n) is 8.96. The van der Waals surface area contributed by atoms with Crippen LogP contribution < -0.4 is 14.8 Å². The Morgan fingerprint density at radius 2 is 2.13 bits per heavy atom. The van der Waals surface area contributed by atoms with Gasteiger partial charge >= 0.3 is 0 Å². The number of carbonyl (C=O) groups is 1. The van der Waals surface area contributed by atoms with Crippen LogP contribution in [0.3, 0.4) is 0 Å². The van der Waals surface area contributed by atoms with Crippen LogP contribution in [0.25, 0.3) is 0 Å². The lowest BCUT2D eigenvalue weighted by Gasteiger charge is -2.20. The standard InChI is InChI=1S/C18H20F3N3O5S/c1-3-13(25)12-8-29-16-14(30(27,28)23-12)7-24(2)15(16)18(26)22-9-4-5-11(19)10(6-9)17(20)21/h4-7,12-13,17,23,25H,3,8H2,1-2H3,(H,22,26)/t12-,13?/m0/s1. The number of hydrogen-bond acceptors (Lipinski definition) is 5. The summed E-state index contributed by atoms with van der Waals surface area (Å²) in [5, 5.41) is 12.3. The maximum atomic E-state index is 13.5. The first kappa shape index (κ1) is 22.1. The molecule has 1 aromatic carbocycles. The van der Waals surface area contributed by atoms with Crippen LogP contribution in [0, 0.1) is 5.82 Å². The summed E-state index contributed by atoms with van der Waals surface area (Å²) >= 11 is 0. The van der Waals surface area contributed by atoms with E-state index in [2.05, 4.69) is 10.0 Å². The Bertz CT molecular complexity index is 1070. The second kappa shape index (κ2) is 8.28. The van der Waals surface area contributed by atoms with E-state index in [1.165, 1.54) is 17.8 Å². The molecule has 30 heavy (non-hydrogen) atoms. The van der Waals surface area contributed by atoms with E-state index in [0.29, 0.717) is 0 Å². The highest BCUT2D eigenvalue weighted by molar-refractivity contribution is 7.89. The van der Waals surface area contributed by atoms with Crippen molar-refractivity contribution in [3.63, 3.8) is 0 Å². The monoisotopic (exact) mass is 447 g/mol. The highest BCUT2D eigenvalue weighted by atomic mass is 32.2. The van der Waals surface area contributed by atoms with Crippen molar-refractivity contribution in [2.24, 2.45) is 7.05 Å². The predicted molar refractivity (Wildman–Crippen MR) is 101 cm³/mol. The number of aliphatic hydroxyl groups is 1. The summed E-state index contributed by atoms with van der Waals surface area (Å²) in [5.41, 5.74) is -1.15. The second-order valence-corrected chi connectivity index (χ2v) is 8.47. The summed E-state index contributed by atoms with van der Waals surface area (Å²) in [6, 6.07) is 1.78. The number of nitrogens with zero attached hydrogens (tertiary/aromatic N) is 1. The molecule has 1 amide bonds. The van der Waals surface area contributed by atoms with Gasteiger partial charge in [0.15, 0.2) is 11.4 Å². The van der Waals surface area contributed by atoms with Gasteiger partial charge in [0.2, 0.25) is 10.0 Å². The Balaban J connectivity index is 1.95. The minimum Gasteiger partial charge on any atom is -0.488 e. The number of halogens is 3. The summed E-state index contributed by atoms with van der Waals surface area (Å²) in [6.07, 6.45) is -2.63. The van der Waals surface area contributed by atoms with E-state index >= 15 is 0 Å². The average Bonchev–Trinajstić information content (AvgIpc) is 2.96. The summed E-state index contributed by atoms with van der Waals surface area (Å²) in [6.45, 7) is 1.45. The van der Waals surface area contributed by atoms with Gasteiger partial charge in [-0.1, -0.05) is 6.92 Å². The van der Waals surface area contributed by atoms with Gasteiger partial charge in [-0.2, -0.15) is 0 Å². The molecule has 8 nitrogen and oxygen atoms in total. The van der Waals surface area contributed by atoms with E-state index in [9.17, 15) is 31.5 Å². The van der Waals surface area contributed by atoms with Gasteiger partial charge in [-0.25, -0.2) is 26.3 Å². The zero-order chi connectivity index (χ0) is 22.2. The maximum absolute atomic E-state index is 13.5. The molecule has 1 unspecified atom stereocenters. The van der Waals surface area contributed by atoms with Crippen LogP contribution in [-0.4, -0.2) is 42.8 Å². The van der Waals surface area contributed by atoms with Crippen LogP contribution in [0.5, 0.6) is 5.75 Å². The number of rotatable bonds is 5. The van der Waals surface area contributed by atoms with Gasteiger partial charge in [0.25, 0.3) is 12.3 Å². The second-order valence-electron chi connectivity index (χ2n) is 6.79. The van der Waals surface area contributed by atoms with Gasteiger partial charge in [-0.05, 0) is 24.6 Å². The molecule has 3 rings (SSSR count). The van der Waals surface area contributed by atoms with Gasteiger partial charge in [0, 0.05) is 18.9 Å². The van der Waals surface area contributed by atoms with Crippen LogP contribution >= 0.6 is 0 Å². The lowest BCUT2D eigenvalue weighted by Crippen LogP contribution is -2.45. The van der Waals surface area contributed by atoms with Crippen LogP contribution in [0.15, 0.2) is 29.3 Å². The molecule has 1 aromatic heterocycles. The van der Waals surface area contributed by atoms with Gasteiger partial charge < -0.3 is 19.7 Å². The molecule has 1 aliphatic heterocycles. The van der Waals surface area contributed by atoms with Gasteiger partial charge in [-0.3, -0.25) is 4.79 Å². The number of anilines is 1. The number of sulfonamides is 1. The summed E-state index contributed by atoms with van der Waals surface area (Å²) < 4.78 is 73.7. The van der Waals surface area contributed by atoms with Crippen molar-refractivity contribution in [2.75, 3.05) is 11.9 Å². The third kappa shape index (κ3) is 4.16. The van der Waals surface area contributed by atoms with Crippen molar-refractivity contribution in [3.8, 4) is 5.75 Å². The highest BCUT2D eigenvalue weighted by Gasteiger charge is 2.36. The summed E-state index contributed by atoms with van der Waals surface area (Å²) in [7, 11) is -2.69. The maximum Gasteiger partial charge on any atom is 0.276 e. The molecule has 0 saturated carbocycles. The van der Waals surface area contributed by atoms with Crippen molar-refractivity contribution in [1.29, 1.82) is 0 Å². The summed E-state index contributed by atoms with van der Waals surface area (Å²) in [5.74, 6) is -2.18. The van der Waals surface area contributed by atoms with E-state index in [1.54, 1.807) is 6.92 Å². The smallest absolute Gasteiger partial charge is 0.276 e. The topological polar surface area (TPSA) is 110 Å². The molecule has 1 aliphatic rings. The van der Waals surface area contributed by atoms with Crippen LogP contribution in [0.2, 0.25) is 0 Å². The third-order valence-electron chi connectivity index (χ3n) is 4.69. The summed E-state index contributed by atoms with van der Waals surface area (Å²) in [4.78, 5) is 12.5.